The highest BCUT2D eigenvalue weighted by Gasteiger charge is 2.21. The van der Waals surface area contributed by atoms with Gasteiger partial charge in [-0.1, -0.05) is 29.3 Å². The largest absolute Gasteiger partial charge is 0.330 e. The Kier molecular flexibility index (Phi) is 5.06. The van der Waals surface area contributed by atoms with Crippen LogP contribution in [0.1, 0.15) is 16.3 Å². The minimum Gasteiger partial charge on any atom is -0.330 e. The van der Waals surface area contributed by atoms with E-state index in [2.05, 4.69) is 20.4 Å². The SMILES string of the molecule is Cc1ccnc2nc(C(=O)N(C)CC(=O)Nc3c(Cl)cccc3Cl)nn12. The van der Waals surface area contributed by atoms with Gasteiger partial charge in [-0.2, -0.15) is 4.98 Å². The molecule has 8 nitrogen and oxygen atoms in total. The van der Waals surface area contributed by atoms with Crippen LogP contribution in [0, 0.1) is 6.92 Å². The molecule has 10 heteroatoms. The second-order valence-electron chi connectivity index (χ2n) is 5.54. The average Bonchev–Trinajstić information content (AvgIpc) is 3.03. The molecule has 3 aromatic rings. The molecule has 0 spiro atoms. The van der Waals surface area contributed by atoms with Gasteiger partial charge < -0.3 is 10.2 Å². The third-order valence-corrected chi connectivity index (χ3v) is 4.21. The van der Waals surface area contributed by atoms with Crippen molar-refractivity contribution in [3.05, 3.63) is 52.0 Å². The fourth-order valence-corrected chi connectivity index (χ4v) is 2.74. The summed E-state index contributed by atoms with van der Waals surface area (Å²) in [5, 5.41) is 7.34. The molecule has 0 atom stereocenters. The number of aromatic nitrogens is 4. The summed E-state index contributed by atoms with van der Waals surface area (Å²) in [6, 6.07) is 6.63. The van der Waals surface area contributed by atoms with Gasteiger partial charge in [-0.05, 0) is 25.1 Å². The van der Waals surface area contributed by atoms with E-state index in [1.807, 2.05) is 6.92 Å². The van der Waals surface area contributed by atoms with E-state index >= 15 is 0 Å². The van der Waals surface area contributed by atoms with Crippen LogP contribution in [0.15, 0.2) is 30.5 Å². The van der Waals surface area contributed by atoms with Gasteiger partial charge in [0.05, 0.1) is 22.3 Å². The van der Waals surface area contributed by atoms with Crippen molar-refractivity contribution in [1.82, 2.24) is 24.5 Å². The second kappa shape index (κ2) is 7.27. The molecule has 0 bridgehead atoms. The first-order valence-electron chi connectivity index (χ1n) is 7.54. The molecule has 2 aromatic heterocycles. The number of aryl methyl sites for hydroxylation is 1. The van der Waals surface area contributed by atoms with E-state index in [1.54, 1.807) is 30.5 Å². The van der Waals surface area contributed by atoms with Crippen molar-refractivity contribution in [3.63, 3.8) is 0 Å². The van der Waals surface area contributed by atoms with Gasteiger partial charge in [0, 0.05) is 18.9 Å². The number of hydrogen-bond donors (Lipinski definition) is 1. The summed E-state index contributed by atoms with van der Waals surface area (Å²) in [5.74, 6) is -0.684. The zero-order chi connectivity index (χ0) is 18.8. The Morgan fingerprint density at radius 3 is 2.58 bits per heavy atom. The lowest BCUT2D eigenvalue weighted by atomic mass is 10.3. The van der Waals surface area contributed by atoms with E-state index in [9.17, 15) is 9.59 Å². The van der Waals surface area contributed by atoms with Gasteiger partial charge in [-0.3, -0.25) is 9.59 Å². The quantitative estimate of drug-likeness (QED) is 0.735. The van der Waals surface area contributed by atoms with Crippen LogP contribution in [0.4, 0.5) is 5.69 Å². The van der Waals surface area contributed by atoms with E-state index in [0.717, 1.165) is 5.69 Å². The molecule has 134 valence electrons. The van der Waals surface area contributed by atoms with Crippen molar-refractivity contribution in [2.24, 2.45) is 0 Å². The van der Waals surface area contributed by atoms with Crippen molar-refractivity contribution in [2.45, 2.75) is 6.92 Å². The third-order valence-electron chi connectivity index (χ3n) is 3.58. The zero-order valence-electron chi connectivity index (χ0n) is 13.9. The maximum Gasteiger partial charge on any atom is 0.293 e. The minimum absolute atomic E-state index is 0.0436. The van der Waals surface area contributed by atoms with Crippen molar-refractivity contribution < 1.29 is 9.59 Å². The number of anilines is 1. The van der Waals surface area contributed by atoms with Crippen LogP contribution in [0.2, 0.25) is 10.0 Å². The van der Waals surface area contributed by atoms with E-state index in [4.69, 9.17) is 23.2 Å². The molecule has 2 heterocycles. The Morgan fingerprint density at radius 1 is 1.23 bits per heavy atom. The molecule has 2 amide bonds. The number of nitrogens with zero attached hydrogens (tertiary/aromatic N) is 5. The number of carbonyl (C=O) groups excluding carboxylic acids is 2. The number of fused-ring (bicyclic) bond motifs is 1. The molecule has 0 aliphatic rings. The van der Waals surface area contributed by atoms with Crippen LogP contribution in [0.5, 0.6) is 0 Å². The van der Waals surface area contributed by atoms with Crippen molar-refractivity contribution in [1.29, 1.82) is 0 Å². The predicted octanol–water partition coefficient (Wildman–Crippen LogP) is 2.45. The Hall–Kier alpha value is -2.71. The molecule has 0 radical (unpaired) electrons. The number of benzene rings is 1. The van der Waals surface area contributed by atoms with Gasteiger partial charge in [0.2, 0.25) is 11.7 Å². The Morgan fingerprint density at radius 2 is 1.92 bits per heavy atom. The summed E-state index contributed by atoms with van der Waals surface area (Å²) in [5.41, 5.74) is 1.09. The van der Waals surface area contributed by atoms with E-state index in [0.29, 0.717) is 21.5 Å². The van der Waals surface area contributed by atoms with Crippen LogP contribution in [0.25, 0.3) is 5.78 Å². The topological polar surface area (TPSA) is 92.5 Å². The summed E-state index contributed by atoms with van der Waals surface area (Å²) in [7, 11) is 1.47. The molecule has 26 heavy (non-hydrogen) atoms. The highest BCUT2D eigenvalue weighted by molar-refractivity contribution is 6.39. The summed E-state index contributed by atoms with van der Waals surface area (Å²) >= 11 is 12.0. The van der Waals surface area contributed by atoms with Crippen molar-refractivity contribution in [2.75, 3.05) is 18.9 Å². The average molecular weight is 393 g/mol. The number of para-hydroxylation sites is 1. The smallest absolute Gasteiger partial charge is 0.293 e. The van der Waals surface area contributed by atoms with Gasteiger partial charge in [0.25, 0.3) is 11.7 Å². The van der Waals surface area contributed by atoms with Crippen LogP contribution in [-0.2, 0) is 4.79 Å². The van der Waals surface area contributed by atoms with E-state index in [1.165, 1.54) is 16.5 Å². The van der Waals surface area contributed by atoms with Crippen LogP contribution in [-0.4, -0.2) is 49.9 Å². The highest BCUT2D eigenvalue weighted by atomic mass is 35.5. The van der Waals surface area contributed by atoms with Gasteiger partial charge in [-0.25, -0.2) is 9.50 Å². The van der Waals surface area contributed by atoms with Gasteiger partial charge in [0.15, 0.2) is 0 Å². The number of likely N-dealkylation sites (N-methyl/N-ethyl adjacent to an activating group) is 1. The number of amides is 2. The summed E-state index contributed by atoms with van der Waals surface area (Å²) in [6.07, 6.45) is 1.58. The molecule has 1 aromatic carbocycles. The van der Waals surface area contributed by atoms with E-state index in [-0.39, 0.29) is 12.4 Å². The number of nitrogens with one attached hydrogen (secondary N) is 1. The molecule has 0 aliphatic carbocycles. The lowest BCUT2D eigenvalue weighted by Crippen LogP contribution is -2.35. The third kappa shape index (κ3) is 3.61. The first kappa shape index (κ1) is 18.1. The lowest BCUT2D eigenvalue weighted by Gasteiger charge is -2.15. The lowest BCUT2D eigenvalue weighted by molar-refractivity contribution is -0.116. The van der Waals surface area contributed by atoms with Crippen LogP contribution < -0.4 is 5.32 Å². The number of hydrogen-bond acceptors (Lipinski definition) is 5. The Bertz CT molecular complexity index is 983. The molecule has 0 saturated carbocycles. The molecule has 3 rings (SSSR count). The van der Waals surface area contributed by atoms with Crippen LogP contribution >= 0.6 is 23.2 Å². The fraction of sp³-hybridized carbons (Fsp3) is 0.188. The standard InChI is InChI=1S/C16H14Cl2N6O2/c1-9-6-7-19-16-21-14(22-24(9)16)15(26)23(2)8-12(25)20-13-10(17)4-3-5-11(13)18/h3-7H,8H2,1-2H3,(H,20,25). The maximum atomic E-state index is 12.5. The van der Waals surface area contributed by atoms with Gasteiger partial charge >= 0.3 is 0 Å². The highest BCUT2D eigenvalue weighted by Crippen LogP contribution is 2.29. The fourth-order valence-electron chi connectivity index (χ4n) is 2.25. The first-order valence-corrected chi connectivity index (χ1v) is 8.30. The van der Waals surface area contributed by atoms with Crippen LogP contribution in [0.3, 0.4) is 0 Å². The Balaban J connectivity index is 1.72. The van der Waals surface area contributed by atoms with Gasteiger partial charge in [0.1, 0.15) is 0 Å². The molecular weight excluding hydrogens is 379 g/mol. The summed E-state index contributed by atoms with van der Waals surface area (Å²) in [6.45, 7) is 1.60. The van der Waals surface area contributed by atoms with Crippen molar-refractivity contribution in [3.8, 4) is 0 Å². The number of halogens is 2. The maximum absolute atomic E-state index is 12.5. The van der Waals surface area contributed by atoms with Crippen molar-refractivity contribution >= 4 is 46.5 Å². The minimum atomic E-state index is -0.504. The van der Waals surface area contributed by atoms with E-state index < -0.39 is 11.8 Å². The molecular formula is C16H14Cl2N6O2. The summed E-state index contributed by atoms with van der Waals surface area (Å²) in [4.78, 5) is 34.0. The Labute approximate surface area is 158 Å². The zero-order valence-corrected chi connectivity index (χ0v) is 15.4. The van der Waals surface area contributed by atoms with Gasteiger partial charge in [-0.15, -0.1) is 5.10 Å². The molecule has 0 saturated heterocycles. The predicted molar refractivity (Wildman–Crippen MR) is 97.6 cm³/mol. The number of rotatable bonds is 4. The molecule has 0 unspecified atom stereocenters. The normalized spacial score (nSPS) is 10.8. The molecule has 1 N–H and O–H groups in total. The first-order chi connectivity index (χ1) is 12.4. The molecule has 0 fully saturated rings. The second-order valence-corrected chi connectivity index (χ2v) is 6.35. The molecule has 0 aliphatic heterocycles. The number of carbonyl (C=O) groups is 2. The monoisotopic (exact) mass is 392 g/mol. The summed E-state index contributed by atoms with van der Waals surface area (Å²) < 4.78 is 1.46.